The van der Waals surface area contributed by atoms with Crippen molar-refractivity contribution in [2.75, 3.05) is 26.4 Å². The van der Waals surface area contributed by atoms with E-state index in [2.05, 4.69) is 4.72 Å². The number of carbonyl (C=O) groups excluding carboxylic acids is 1. The number of likely N-dealkylation sites (N-methyl/N-ethyl adjacent to an activating group) is 1. The van der Waals surface area contributed by atoms with Gasteiger partial charge in [-0.25, -0.2) is 13.1 Å². The van der Waals surface area contributed by atoms with Crippen LogP contribution in [-0.2, 0) is 14.8 Å². The molecule has 0 aliphatic rings. The van der Waals surface area contributed by atoms with E-state index in [-0.39, 0.29) is 23.0 Å². The Morgan fingerprint density at radius 3 is 2.42 bits per heavy atom. The molecule has 1 amide bonds. The zero-order valence-corrected chi connectivity index (χ0v) is 12.3. The summed E-state index contributed by atoms with van der Waals surface area (Å²) in [4.78, 5) is 12.8. The lowest BCUT2D eigenvalue weighted by atomic mass is 10.1. The topological polar surface area (TPSA) is 92.5 Å². The van der Waals surface area contributed by atoms with Gasteiger partial charge in [-0.1, -0.05) is 6.07 Å². The summed E-state index contributed by atoms with van der Waals surface area (Å²) in [7, 11) is -0.678. The SMILES string of the molecule is Cc1ccc(N)c(S(=O)(=O)NCC(=O)N(C)C)c1C. The molecule has 0 atom stereocenters. The summed E-state index contributed by atoms with van der Waals surface area (Å²) in [5, 5.41) is 0. The minimum absolute atomic E-state index is 0.0408. The molecule has 3 N–H and O–H groups in total. The van der Waals surface area contributed by atoms with Crippen LogP contribution < -0.4 is 10.5 Å². The number of anilines is 1. The lowest BCUT2D eigenvalue weighted by Crippen LogP contribution is -2.36. The highest BCUT2D eigenvalue weighted by molar-refractivity contribution is 7.89. The number of nitrogens with zero attached hydrogens (tertiary/aromatic N) is 1. The van der Waals surface area contributed by atoms with Gasteiger partial charge in [0.25, 0.3) is 0 Å². The van der Waals surface area contributed by atoms with Gasteiger partial charge in [0.15, 0.2) is 0 Å². The highest BCUT2D eigenvalue weighted by Gasteiger charge is 2.22. The van der Waals surface area contributed by atoms with Crippen LogP contribution in [0.5, 0.6) is 0 Å². The fourth-order valence-corrected chi connectivity index (χ4v) is 2.96. The van der Waals surface area contributed by atoms with Gasteiger partial charge in [0.2, 0.25) is 15.9 Å². The number of carbonyl (C=O) groups is 1. The van der Waals surface area contributed by atoms with E-state index < -0.39 is 10.0 Å². The molecule has 0 aromatic heterocycles. The van der Waals surface area contributed by atoms with Gasteiger partial charge in [-0.3, -0.25) is 4.79 Å². The predicted molar refractivity (Wildman–Crippen MR) is 74.2 cm³/mol. The molecule has 106 valence electrons. The van der Waals surface area contributed by atoms with E-state index in [1.165, 1.54) is 4.90 Å². The molecule has 0 bridgehead atoms. The largest absolute Gasteiger partial charge is 0.398 e. The van der Waals surface area contributed by atoms with Crippen LogP contribution in [0.2, 0.25) is 0 Å². The second-order valence-electron chi connectivity index (χ2n) is 4.54. The third kappa shape index (κ3) is 3.45. The number of hydrogen-bond acceptors (Lipinski definition) is 4. The number of nitrogen functional groups attached to an aromatic ring is 1. The van der Waals surface area contributed by atoms with Gasteiger partial charge in [-0.15, -0.1) is 0 Å². The molecule has 0 saturated carbocycles. The molecule has 19 heavy (non-hydrogen) atoms. The Kier molecular flexibility index (Phi) is 4.54. The molecule has 6 nitrogen and oxygen atoms in total. The monoisotopic (exact) mass is 285 g/mol. The number of amides is 1. The number of rotatable bonds is 4. The number of aryl methyl sites for hydroxylation is 1. The molecule has 1 aromatic rings. The van der Waals surface area contributed by atoms with Crippen LogP contribution in [-0.4, -0.2) is 39.9 Å². The fraction of sp³-hybridized carbons (Fsp3) is 0.417. The van der Waals surface area contributed by atoms with Gasteiger partial charge in [0.05, 0.1) is 12.2 Å². The normalized spacial score (nSPS) is 11.4. The number of nitrogens with one attached hydrogen (secondary N) is 1. The third-order valence-corrected chi connectivity index (χ3v) is 4.49. The Morgan fingerprint density at radius 1 is 1.32 bits per heavy atom. The molecule has 0 spiro atoms. The Labute approximate surface area is 113 Å². The summed E-state index contributed by atoms with van der Waals surface area (Å²) in [5.74, 6) is -0.326. The highest BCUT2D eigenvalue weighted by Crippen LogP contribution is 2.24. The first-order valence-corrected chi connectivity index (χ1v) is 7.20. The summed E-state index contributed by atoms with van der Waals surface area (Å²) in [5.41, 5.74) is 7.32. The van der Waals surface area contributed by atoms with Crippen LogP contribution >= 0.6 is 0 Å². The molecular weight excluding hydrogens is 266 g/mol. The van der Waals surface area contributed by atoms with E-state index >= 15 is 0 Å². The molecule has 0 radical (unpaired) electrons. The van der Waals surface area contributed by atoms with Gasteiger partial charge in [-0.05, 0) is 31.0 Å². The first kappa shape index (κ1) is 15.5. The standard InChI is InChI=1S/C12H19N3O3S/c1-8-5-6-10(13)12(9(8)2)19(17,18)14-7-11(16)15(3)4/h5-6,14H,7,13H2,1-4H3. The maximum atomic E-state index is 12.2. The first-order valence-electron chi connectivity index (χ1n) is 5.72. The van der Waals surface area contributed by atoms with Gasteiger partial charge >= 0.3 is 0 Å². The van der Waals surface area contributed by atoms with E-state index in [4.69, 9.17) is 5.73 Å². The third-order valence-electron chi connectivity index (χ3n) is 2.89. The zero-order valence-electron chi connectivity index (χ0n) is 11.5. The molecule has 1 rings (SSSR count). The van der Waals surface area contributed by atoms with Crippen molar-refractivity contribution >= 4 is 21.6 Å². The predicted octanol–water partition coefficient (Wildman–Crippen LogP) is 0.252. The van der Waals surface area contributed by atoms with Crippen molar-refractivity contribution in [1.29, 1.82) is 0 Å². The van der Waals surface area contributed by atoms with Gasteiger partial charge < -0.3 is 10.6 Å². The fourth-order valence-electron chi connectivity index (χ4n) is 1.55. The van der Waals surface area contributed by atoms with Crippen LogP contribution in [0.4, 0.5) is 5.69 Å². The summed E-state index contributed by atoms with van der Waals surface area (Å²) in [6.45, 7) is 3.20. The lowest BCUT2D eigenvalue weighted by Gasteiger charge is -2.15. The molecule has 0 aliphatic heterocycles. The average molecular weight is 285 g/mol. The van der Waals surface area contributed by atoms with Gasteiger partial charge in [-0.2, -0.15) is 0 Å². The molecule has 0 fully saturated rings. The maximum absolute atomic E-state index is 12.2. The van der Waals surface area contributed by atoms with Crippen LogP contribution in [0, 0.1) is 13.8 Å². The highest BCUT2D eigenvalue weighted by atomic mass is 32.2. The van der Waals surface area contributed by atoms with Crippen LogP contribution in [0.3, 0.4) is 0 Å². The van der Waals surface area contributed by atoms with E-state index in [9.17, 15) is 13.2 Å². The Hall–Kier alpha value is -1.60. The number of sulfonamides is 1. The number of hydrogen-bond donors (Lipinski definition) is 2. The van der Waals surface area contributed by atoms with Gasteiger partial charge in [0.1, 0.15) is 4.90 Å². The minimum atomic E-state index is -3.80. The first-order chi connectivity index (χ1) is 8.66. The smallest absolute Gasteiger partial charge is 0.243 e. The van der Waals surface area contributed by atoms with Crippen molar-refractivity contribution in [3.8, 4) is 0 Å². The molecule has 7 heteroatoms. The van der Waals surface area contributed by atoms with Crippen molar-refractivity contribution in [3.63, 3.8) is 0 Å². The molecule has 0 aliphatic carbocycles. The van der Waals surface area contributed by atoms with Crippen LogP contribution in [0.1, 0.15) is 11.1 Å². The minimum Gasteiger partial charge on any atom is -0.398 e. The lowest BCUT2D eigenvalue weighted by molar-refractivity contribution is -0.127. The Morgan fingerprint density at radius 2 is 1.89 bits per heavy atom. The van der Waals surface area contributed by atoms with Crippen molar-refractivity contribution in [2.24, 2.45) is 0 Å². The molecule has 0 saturated heterocycles. The second-order valence-corrected chi connectivity index (χ2v) is 6.24. The van der Waals surface area contributed by atoms with Crippen molar-refractivity contribution < 1.29 is 13.2 Å². The molecular formula is C12H19N3O3S. The summed E-state index contributed by atoms with van der Waals surface area (Å²) in [6, 6.07) is 3.30. The number of nitrogens with two attached hydrogens (primary N) is 1. The summed E-state index contributed by atoms with van der Waals surface area (Å²) >= 11 is 0. The molecule has 0 heterocycles. The quantitative estimate of drug-likeness (QED) is 0.776. The van der Waals surface area contributed by atoms with Crippen LogP contribution in [0.25, 0.3) is 0 Å². The van der Waals surface area contributed by atoms with E-state index in [1.54, 1.807) is 40.1 Å². The molecule has 1 aromatic carbocycles. The van der Waals surface area contributed by atoms with Crippen LogP contribution in [0.15, 0.2) is 17.0 Å². The zero-order chi connectivity index (χ0) is 14.8. The Balaban J connectivity index is 3.08. The van der Waals surface area contributed by atoms with Crippen molar-refractivity contribution in [3.05, 3.63) is 23.3 Å². The summed E-state index contributed by atoms with van der Waals surface area (Å²) < 4.78 is 26.6. The van der Waals surface area contributed by atoms with E-state index in [1.807, 2.05) is 0 Å². The van der Waals surface area contributed by atoms with Crippen molar-refractivity contribution in [1.82, 2.24) is 9.62 Å². The Bertz CT molecular complexity index is 594. The summed E-state index contributed by atoms with van der Waals surface area (Å²) in [6.07, 6.45) is 0. The maximum Gasteiger partial charge on any atom is 0.243 e. The number of benzene rings is 1. The second kappa shape index (κ2) is 5.58. The molecule has 0 unspecified atom stereocenters. The average Bonchev–Trinajstić information content (AvgIpc) is 2.31. The van der Waals surface area contributed by atoms with E-state index in [0.717, 1.165) is 5.56 Å². The van der Waals surface area contributed by atoms with Crippen molar-refractivity contribution in [2.45, 2.75) is 18.7 Å². The van der Waals surface area contributed by atoms with E-state index in [0.29, 0.717) is 5.56 Å². The van der Waals surface area contributed by atoms with Gasteiger partial charge in [0, 0.05) is 14.1 Å².